The molecule has 156 valence electrons. The molecule has 0 bridgehead atoms. The number of nitrogen functional groups attached to an aromatic ring is 1. The summed E-state index contributed by atoms with van der Waals surface area (Å²) in [4.78, 5) is 13.0. The lowest BCUT2D eigenvalue weighted by molar-refractivity contribution is 0.0909. The van der Waals surface area contributed by atoms with Crippen molar-refractivity contribution in [3.05, 3.63) is 35.4 Å². The Morgan fingerprint density at radius 2 is 2.03 bits per heavy atom. The summed E-state index contributed by atoms with van der Waals surface area (Å²) in [6.45, 7) is 8.14. The van der Waals surface area contributed by atoms with E-state index in [1.165, 1.54) is 6.33 Å². The molecule has 29 heavy (non-hydrogen) atoms. The van der Waals surface area contributed by atoms with E-state index in [4.69, 9.17) is 22.1 Å². The van der Waals surface area contributed by atoms with Crippen molar-refractivity contribution in [2.45, 2.75) is 45.3 Å². The minimum Gasteiger partial charge on any atom is -0.396 e. The molecule has 7 nitrogen and oxygen atoms in total. The number of nitrogens with two attached hydrogens (primary N) is 1. The number of pyridine rings is 1. The summed E-state index contributed by atoms with van der Waals surface area (Å²) in [7, 11) is -1.18. The van der Waals surface area contributed by atoms with E-state index in [-0.39, 0.29) is 6.61 Å². The van der Waals surface area contributed by atoms with E-state index < -0.39 is 8.07 Å². The Morgan fingerprint density at radius 1 is 1.24 bits per heavy atom. The summed E-state index contributed by atoms with van der Waals surface area (Å²) in [5, 5.41) is 10.5. The van der Waals surface area contributed by atoms with E-state index in [1.807, 2.05) is 16.7 Å². The number of fused-ring (bicyclic) bond motifs is 1. The fourth-order valence-corrected chi connectivity index (χ4v) is 4.04. The van der Waals surface area contributed by atoms with Crippen molar-refractivity contribution < 1.29 is 9.84 Å². The molecule has 0 spiro atoms. The third-order valence-electron chi connectivity index (χ3n) is 4.73. The summed E-state index contributed by atoms with van der Waals surface area (Å²) < 4.78 is 8.02. The quantitative estimate of drug-likeness (QED) is 0.301. The van der Waals surface area contributed by atoms with E-state index in [0.29, 0.717) is 37.2 Å². The lowest BCUT2D eigenvalue weighted by Gasteiger charge is -2.17. The molecule has 0 aromatic carbocycles. The zero-order valence-corrected chi connectivity index (χ0v) is 18.9. The van der Waals surface area contributed by atoms with Gasteiger partial charge in [0, 0.05) is 26.9 Å². The van der Waals surface area contributed by atoms with Gasteiger partial charge in [0.25, 0.3) is 0 Å². The molecule has 0 fully saturated rings. The van der Waals surface area contributed by atoms with Gasteiger partial charge in [0.2, 0.25) is 0 Å². The normalized spacial score (nSPS) is 12.0. The molecule has 3 N–H and O–H groups in total. The minimum absolute atomic E-state index is 0.0921. The summed E-state index contributed by atoms with van der Waals surface area (Å²) in [6, 6.07) is 6.77. The van der Waals surface area contributed by atoms with Gasteiger partial charge < -0.3 is 20.1 Å². The summed E-state index contributed by atoms with van der Waals surface area (Å²) in [5.41, 5.74) is 9.48. The highest BCUT2D eigenvalue weighted by Crippen LogP contribution is 2.32. The van der Waals surface area contributed by atoms with Gasteiger partial charge in [-0.1, -0.05) is 31.2 Å². The molecule has 9 heteroatoms. The third kappa shape index (κ3) is 5.33. The molecule has 3 heterocycles. The van der Waals surface area contributed by atoms with Crippen LogP contribution in [0.2, 0.25) is 30.8 Å². The number of rotatable bonds is 9. The van der Waals surface area contributed by atoms with Gasteiger partial charge in [0.15, 0.2) is 0 Å². The van der Waals surface area contributed by atoms with Crippen LogP contribution < -0.4 is 5.73 Å². The van der Waals surface area contributed by atoms with E-state index in [9.17, 15) is 5.11 Å². The number of aliphatic hydroxyl groups is 1. The molecule has 3 rings (SSSR count). The number of aliphatic hydroxyl groups excluding tert-OH is 1. The van der Waals surface area contributed by atoms with Gasteiger partial charge in [-0.2, -0.15) is 0 Å². The molecule has 0 radical (unpaired) electrons. The standard InChI is InChI=1S/C20H28ClN5O2Si/c1-29(2,3)10-9-28-13-26-17(11-15-19(22)23-12-24-20(15)26)14-6-7-18(21)25-16(14)5-4-8-27/h6-7,11-12,27H,4-5,8-10,13H2,1-3H3,(H2,22,23,24). The molecule has 0 aliphatic rings. The van der Waals surface area contributed by atoms with Gasteiger partial charge in [-0.25, -0.2) is 15.0 Å². The third-order valence-corrected chi connectivity index (χ3v) is 6.64. The average Bonchev–Trinajstić information content (AvgIpc) is 3.02. The number of anilines is 1. The fraction of sp³-hybridized carbons (Fsp3) is 0.450. The Hall–Kier alpha value is -2.00. The van der Waals surface area contributed by atoms with Crippen LogP contribution in [0.5, 0.6) is 0 Å². The van der Waals surface area contributed by atoms with Gasteiger partial charge >= 0.3 is 0 Å². The Morgan fingerprint density at radius 3 is 2.76 bits per heavy atom. The first kappa shape index (κ1) is 21.7. The van der Waals surface area contributed by atoms with E-state index in [0.717, 1.165) is 34.0 Å². The molecule has 0 saturated heterocycles. The van der Waals surface area contributed by atoms with Crippen LogP contribution >= 0.6 is 11.6 Å². The van der Waals surface area contributed by atoms with Crippen molar-refractivity contribution in [3.8, 4) is 11.3 Å². The van der Waals surface area contributed by atoms with Crippen LogP contribution in [0.25, 0.3) is 22.3 Å². The topological polar surface area (TPSA) is 99.1 Å². The van der Waals surface area contributed by atoms with Crippen molar-refractivity contribution in [2.24, 2.45) is 0 Å². The maximum Gasteiger partial charge on any atom is 0.147 e. The lowest BCUT2D eigenvalue weighted by atomic mass is 10.1. The van der Waals surface area contributed by atoms with Gasteiger partial charge in [0.05, 0.1) is 16.8 Å². The van der Waals surface area contributed by atoms with Crippen LogP contribution in [-0.4, -0.2) is 45.9 Å². The molecule has 0 saturated carbocycles. The van der Waals surface area contributed by atoms with Crippen molar-refractivity contribution in [1.82, 2.24) is 19.5 Å². The van der Waals surface area contributed by atoms with Crippen molar-refractivity contribution >= 4 is 36.5 Å². The Balaban J connectivity index is 2.02. The number of ether oxygens (including phenoxy) is 1. The average molecular weight is 434 g/mol. The zero-order chi connectivity index (χ0) is 21.0. The van der Waals surface area contributed by atoms with Crippen molar-refractivity contribution in [2.75, 3.05) is 18.9 Å². The van der Waals surface area contributed by atoms with Gasteiger partial charge in [-0.3, -0.25) is 0 Å². The van der Waals surface area contributed by atoms with Crippen LogP contribution in [0.1, 0.15) is 12.1 Å². The predicted octanol–water partition coefficient (Wildman–Crippen LogP) is 3.97. The first-order valence-electron chi connectivity index (χ1n) is 9.74. The highest BCUT2D eigenvalue weighted by molar-refractivity contribution is 6.76. The molecule has 0 unspecified atom stereocenters. The number of aryl methyl sites for hydroxylation is 1. The van der Waals surface area contributed by atoms with Crippen LogP contribution in [-0.2, 0) is 17.9 Å². The summed E-state index contributed by atoms with van der Waals surface area (Å²) >= 11 is 6.13. The van der Waals surface area contributed by atoms with Crippen LogP contribution in [0.15, 0.2) is 24.5 Å². The van der Waals surface area contributed by atoms with Crippen molar-refractivity contribution in [1.29, 1.82) is 0 Å². The molecular formula is C20H28ClN5O2Si. The molecule has 0 aliphatic carbocycles. The Kier molecular flexibility index (Phi) is 6.89. The second-order valence-corrected chi connectivity index (χ2v) is 14.3. The highest BCUT2D eigenvalue weighted by atomic mass is 35.5. The fourth-order valence-electron chi connectivity index (χ4n) is 3.11. The van der Waals surface area contributed by atoms with Crippen LogP contribution in [0, 0.1) is 0 Å². The Bertz CT molecular complexity index is 987. The number of aromatic nitrogens is 4. The molecule has 0 aliphatic heterocycles. The second-order valence-electron chi connectivity index (χ2n) is 8.26. The maximum absolute atomic E-state index is 9.26. The molecule has 3 aromatic rings. The smallest absolute Gasteiger partial charge is 0.147 e. The van der Waals surface area contributed by atoms with Gasteiger partial charge in [-0.15, -0.1) is 0 Å². The first-order valence-corrected chi connectivity index (χ1v) is 13.8. The second kappa shape index (κ2) is 9.21. The molecule has 3 aromatic heterocycles. The minimum atomic E-state index is -1.18. The van der Waals surface area contributed by atoms with E-state index >= 15 is 0 Å². The lowest BCUT2D eigenvalue weighted by Crippen LogP contribution is -2.22. The number of nitrogens with zero attached hydrogens (tertiary/aromatic N) is 4. The van der Waals surface area contributed by atoms with Crippen molar-refractivity contribution in [3.63, 3.8) is 0 Å². The Labute approximate surface area is 176 Å². The largest absolute Gasteiger partial charge is 0.396 e. The summed E-state index contributed by atoms with van der Waals surface area (Å²) in [6.07, 6.45) is 2.69. The number of hydrogen-bond acceptors (Lipinski definition) is 6. The van der Waals surface area contributed by atoms with Gasteiger partial charge in [0.1, 0.15) is 29.7 Å². The van der Waals surface area contributed by atoms with Gasteiger partial charge in [-0.05, 0) is 37.1 Å². The van der Waals surface area contributed by atoms with E-state index in [1.54, 1.807) is 6.07 Å². The SMILES string of the molecule is C[Si](C)(C)CCOCn1c(-c2ccc(Cl)nc2CCCO)cc2c(N)ncnc21. The molecule has 0 amide bonds. The summed E-state index contributed by atoms with van der Waals surface area (Å²) in [5.74, 6) is 0.427. The first-order chi connectivity index (χ1) is 13.8. The molecular weight excluding hydrogens is 406 g/mol. The van der Waals surface area contributed by atoms with Crippen LogP contribution in [0.3, 0.4) is 0 Å². The number of hydrogen-bond donors (Lipinski definition) is 2. The highest BCUT2D eigenvalue weighted by Gasteiger charge is 2.18. The monoisotopic (exact) mass is 433 g/mol. The molecule has 0 atom stereocenters. The maximum atomic E-state index is 9.26. The van der Waals surface area contributed by atoms with Crippen LogP contribution in [0.4, 0.5) is 5.82 Å². The zero-order valence-electron chi connectivity index (χ0n) is 17.2. The van der Waals surface area contributed by atoms with E-state index in [2.05, 4.69) is 34.6 Å². The predicted molar refractivity (Wildman–Crippen MR) is 120 cm³/mol. The number of halogens is 1.